The van der Waals surface area contributed by atoms with Gasteiger partial charge in [0.25, 0.3) is 0 Å². The number of rotatable bonds is 5. The van der Waals surface area contributed by atoms with Gasteiger partial charge in [-0.15, -0.1) is 0 Å². The van der Waals surface area contributed by atoms with Crippen LogP contribution in [0.15, 0.2) is 22.9 Å². The minimum absolute atomic E-state index is 0.0363. The van der Waals surface area contributed by atoms with E-state index in [0.717, 1.165) is 11.1 Å². The van der Waals surface area contributed by atoms with Crippen molar-refractivity contribution in [3.63, 3.8) is 0 Å². The lowest BCUT2D eigenvalue weighted by Gasteiger charge is -2.20. The Hall–Kier alpha value is -1.46. The molecule has 108 valence electrons. The van der Waals surface area contributed by atoms with Gasteiger partial charge in [-0.25, -0.2) is 8.78 Å². The second-order valence-electron chi connectivity index (χ2n) is 4.51. The second kappa shape index (κ2) is 6.33. The first-order valence-electron chi connectivity index (χ1n) is 6.37. The Kier molecular flexibility index (Phi) is 4.73. The van der Waals surface area contributed by atoms with Gasteiger partial charge in [0.05, 0.1) is 13.2 Å². The van der Waals surface area contributed by atoms with Gasteiger partial charge in [-0.3, -0.25) is 0 Å². The minimum Gasteiger partial charge on any atom is -0.497 e. The SMILES string of the molecule is CCNC(c1cscc1C)c1c(F)cc(OC)cc1F. The van der Waals surface area contributed by atoms with E-state index in [2.05, 4.69) is 5.32 Å². The molecule has 1 aromatic heterocycles. The molecular weight excluding hydrogens is 280 g/mol. The molecule has 1 unspecified atom stereocenters. The first-order chi connectivity index (χ1) is 9.58. The third-order valence-corrected chi connectivity index (χ3v) is 4.07. The number of hydrogen-bond acceptors (Lipinski definition) is 3. The van der Waals surface area contributed by atoms with Crippen molar-refractivity contribution in [2.75, 3.05) is 13.7 Å². The van der Waals surface area contributed by atoms with Crippen molar-refractivity contribution >= 4 is 11.3 Å². The molecule has 1 atom stereocenters. The largest absolute Gasteiger partial charge is 0.497 e. The van der Waals surface area contributed by atoms with Crippen LogP contribution < -0.4 is 10.1 Å². The minimum atomic E-state index is -0.599. The smallest absolute Gasteiger partial charge is 0.134 e. The average Bonchev–Trinajstić information content (AvgIpc) is 2.82. The molecule has 0 aliphatic rings. The van der Waals surface area contributed by atoms with Crippen molar-refractivity contribution in [2.45, 2.75) is 19.9 Å². The van der Waals surface area contributed by atoms with Crippen LogP contribution in [-0.2, 0) is 0 Å². The summed E-state index contributed by atoms with van der Waals surface area (Å²) in [6.07, 6.45) is 0. The summed E-state index contributed by atoms with van der Waals surface area (Å²) in [7, 11) is 1.39. The first kappa shape index (κ1) is 14.9. The van der Waals surface area contributed by atoms with Gasteiger partial charge in [0.2, 0.25) is 0 Å². The molecule has 2 nitrogen and oxygen atoms in total. The molecule has 1 N–H and O–H groups in total. The zero-order chi connectivity index (χ0) is 14.7. The Morgan fingerprint density at radius 2 is 1.90 bits per heavy atom. The van der Waals surface area contributed by atoms with Crippen LogP contribution in [-0.4, -0.2) is 13.7 Å². The van der Waals surface area contributed by atoms with Gasteiger partial charge in [0.15, 0.2) is 0 Å². The third-order valence-electron chi connectivity index (χ3n) is 3.19. The molecule has 20 heavy (non-hydrogen) atoms. The van der Waals surface area contributed by atoms with Gasteiger partial charge in [-0.2, -0.15) is 11.3 Å². The highest BCUT2D eigenvalue weighted by Gasteiger charge is 2.24. The zero-order valence-electron chi connectivity index (χ0n) is 11.7. The summed E-state index contributed by atoms with van der Waals surface area (Å²) in [4.78, 5) is 0. The molecule has 2 aromatic rings. The topological polar surface area (TPSA) is 21.3 Å². The van der Waals surface area contributed by atoms with Crippen LogP contribution in [0.25, 0.3) is 0 Å². The second-order valence-corrected chi connectivity index (χ2v) is 5.25. The fraction of sp³-hybridized carbons (Fsp3) is 0.333. The van der Waals surface area contributed by atoms with E-state index in [9.17, 15) is 8.78 Å². The fourth-order valence-corrected chi connectivity index (χ4v) is 3.07. The lowest BCUT2D eigenvalue weighted by molar-refractivity contribution is 0.403. The molecule has 0 amide bonds. The number of hydrogen-bond donors (Lipinski definition) is 1. The van der Waals surface area contributed by atoms with Crippen molar-refractivity contribution in [2.24, 2.45) is 0 Å². The van der Waals surface area contributed by atoms with Crippen LogP contribution in [0, 0.1) is 18.6 Å². The summed E-state index contributed by atoms with van der Waals surface area (Å²) in [5, 5.41) is 7.04. The highest BCUT2D eigenvalue weighted by atomic mass is 32.1. The predicted octanol–water partition coefficient (Wildman–Crippen LogP) is 4.04. The summed E-state index contributed by atoms with van der Waals surface area (Å²) in [6.45, 7) is 4.47. The highest BCUT2D eigenvalue weighted by Crippen LogP contribution is 2.32. The molecule has 2 rings (SSSR count). The summed E-state index contributed by atoms with van der Waals surface area (Å²) >= 11 is 1.52. The molecule has 1 heterocycles. The maximum absolute atomic E-state index is 14.2. The van der Waals surface area contributed by atoms with Crippen LogP contribution in [0.5, 0.6) is 5.75 Å². The number of benzene rings is 1. The van der Waals surface area contributed by atoms with Crippen LogP contribution >= 0.6 is 11.3 Å². The Balaban J connectivity index is 2.53. The quantitative estimate of drug-likeness (QED) is 0.899. The van der Waals surface area contributed by atoms with E-state index >= 15 is 0 Å². The van der Waals surface area contributed by atoms with E-state index in [-0.39, 0.29) is 11.3 Å². The van der Waals surface area contributed by atoms with Gasteiger partial charge < -0.3 is 10.1 Å². The van der Waals surface area contributed by atoms with E-state index in [1.54, 1.807) is 0 Å². The molecule has 5 heteroatoms. The van der Waals surface area contributed by atoms with E-state index < -0.39 is 17.7 Å². The molecule has 1 aromatic carbocycles. The molecule has 0 fully saturated rings. The summed E-state index contributed by atoms with van der Waals surface area (Å²) in [6, 6.07) is 1.94. The maximum atomic E-state index is 14.2. The number of methoxy groups -OCH3 is 1. The van der Waals surface area contributed by atoms with Crippen LogP contribution in [0.1, 0.15) is 29.7 Å². The van der Waals surface area contributed by atoms with Crippen molar-refractivity contribution in [1.82, 2.24) is 5.32 Å². The Morgan fingerprint density at radius 1 is 1.25 bits per heavy atom. The Morgan fingerprint density at radius 3 is 2.35 bits per heavy atom. The predicted molar refractivity (Wildman–Crippen MR) is 77.5 cm³/mol. The molecule has 0 spiro atoms. The lowest BCUT2D eigenvalue weighted by atomic mass is 9.97. The Labute approximate surface area is 121 Å². The molecule has 0 saturated heterocycles. The number of halogens is 2. The fourth-order valence-electron chi connectivity index (χ4n) is 2.19. The number of thiophene rings is 1. The van der Waals surface area contributed by atoms with Gasteiger partial charge in [-0.05, 0) is 35.4 Å². The third kappa shape index (κ3) is 2.83. The summed E-state index contributed by atoms with van der Waals surface area (Å²) in [5.74, 6) is -1.02. The zero-order valence-corrected chi connectivity index (χ0v) is 12.5. The normalized spacial score (nSPS) is 12.4. The number of aryl methyl sites for hydroxylation is 1. The highest BCUT2D eigenvalue weighted by molar-refractivity contribution is 7.08. The maximum Gasteiger partial charge on any atom is 0.134 e. The molecule has 0 aliphatic carbocycles. The summed E-state index contributed by atoms with van der Waals surface area (Å²) < 4.78 is 33.4. The van der Waals surface area contributed by atoms with Gasteiger partial charge in [0, 0.05) is 17.7 Å². The van der Waals surface area contributed by atoms with E-state index in [0.29, 0.717) is 6.54 Å². The molecule has 0 radical (unpaired) electrons. The molecule has 0 aliphatic heterocycles. The molecule has 0 saturated carbocycles. The van der Waals surface area contributed by atoms with Crippen molar-refractivity contribution < 1.29 is 13.5 Å². The van der Waals surface area contributed by atoms with Crippen molar-refractivity contribution in [3.05, 3.63) is 51.2 Å². The average molecular weight is 297 g/mol. The Bertz CT molecular complexity index is 574. The van der Waals surface area contributed by atoms with Crippen LogP contribution in [0.3, 0.4) is 0 Å². The van der Waals surface area contributed by atoms with E-state index in [1.807, 2.05) is 24.6 Å². The van der Waals surface area contributed by atoms with Crippen molar-refractivity contribution in [1.29, 1.82) is 0 Å². The first-order valence-corrected chi connectivity index (χ1v) is 7.31. The molecular formula is C15H17F2NOS. The van der Waals surface area contributed by atoms with Gasteiger partial charge in [0.1, 0.15) is 17.4 Å². The van der Waals surface area contributed by atoms with Crippen LogP contribution in [0.2, 0.25) is 0 Å². The van der Waals surface area contributed by atoms with E-state index in [4.69, 9.17) is 4.74 Å². The standard InChI is InChI=1S/C15H17F2NOS/c1-4-18-15(11-8-20-7-9(11)2)14-12(16)5-10(19-3)6-13(14)17/h5-8,15,18H,4H2,1-3H3. The monoisotopic (exact) mass is 297 g/mol. The molecule has 0 bridgehead atoms. The van der Waals surface area contributed by atoms with Crippen molar-refractivity contribution in [3.8, 4) is 5.75 Å². The number of ether oxygens (including phenoxy) is 1. The van der Waals surface area contributed by atoms with Gasteiger partial charge >= 0.3 is 0 Å². The summed E-state index contributed by atoms with van der Waals surface area (Å²) in [5.41, 5.74) is 1.96. The van der Waals surface area contributed by atoms with E-state index in [1.165, 1.54) is 30.6 Å². The number of nitrogens with one attached hydrogen (secondary N) is 1. The van der Waals surface area contributed by atoms with Gasteiger partial charge in [-0.1, -0.05) is 6.92 Å². The lowest BCUT2D eigenvalue weighted by Crippen LogP contribution is -2.24. The van der Waals surface area contributed by atoms with Crippen LogP contribution in [0.4, 0.5) is 8.78 Å².